The smallest absolute Gasteiger partial charge is 0.354 e. The van der Waals surface area contributed by atoms with Crippen molar-refractivity contribution in [1.82, 2.24) is 0 Å². The monoisotopic (exact) mass is 290 g/mol. The number of hydrazone groups is 1. The predicted molar refractivity (Wildman–Crippen MR) is 78.4 cm³/mol. The number of aryl methyl sites for hydroxylation is 1. The molecular weight excluding hydrogens is 272 g/mol. The molecule has 1 aromatic rings. The van der Waals surface area contributed by atoms with E-state index in [1.807, 2.05) is 31.2 Å². The van der Waals surface area contributed by atoms with E-state index in [0.29, 0.717) is 5.69 Å². The second-order valence-corrected chi connectivity index (χ2v) is 4.65. The van der Waals surface area contributed by atoms with E-state index in [-0.39, 0.29) is 18.7 Å². The van der Waals surface area contributed by atoms with Crippen molar-refractivity contribution in [2.45, 2.75) is 32.7 Å². The van der Waals surface area contributed by atoms with Gasteiger partial charge < -0.3 is 9.84 Å². The molecule has 0 fully saturated rings. The number of hydrogen-bond acceptors (Lipinski definition) is 5. The molecule has 0 spiro atoms. The van der Waals surface area contributed by atoms with E-state index in [1.54, 1.807) is 6.92 Å². The van der Waals surface area contributed by atoms with E-state index in [9.17, 15) is 14.7 Å². The lowest BCUT2D eigenvalue weighted by molar-refractivity contribution is -0.138. The highest BCUT2D eigenvalue weighted by molar-refractivity contribution is 6.38. The first kappa shape index (κ1) is 15.0. The average Bonchev–Trinajstić information content (AvgIpc) is 2.92. The summed E-state index contributed by atoms with van der Waals surface area (Å²) >= 11 is 0. The SMILES string of the molecule is CCOC(=O)C1=NN(c2ccccc2CC)[C@@H](C(=O)O)C1. The largest absolute Gasteiger partial charge is 0.480 e. The summed E-state index contributed by atoms with van der Waals surface area (Å²) in [7, 11) is 0. The van der Waals surface area contributed by atoms with E-state index in [2.05, 4.69) is 5.10 Å². The number of carboxylic acids is 1. The molecule has 0 amide bonds. The van der Waals surface area contributed by atoms with E-state index < -0.39 is 18.0 Å². The molecule has 0 saturated heterocycles. The van der Waals surface area contributed by atoms with Crippen molar-refractivity contribution in [2.75, 3.05) is 11.6 Å². The summed E-state index contributed by atoms with van der Waals surface area (Å²) in [5, 5.41) is 15.0. The van der Waals surface area contributed by atoms with E-state index >= 15 is 0 Å². The summed E-state index contributed by atoms with van der Waals surface area (Å²) in [4.78, 5) is 23.2. The Morgan fingerprint density at radius 1 is 1.38 bits per heavy atom. The van der Waals surface area contributed by atoms with Gasteiger partial charge in [0.25, 0.3) is 0 Å². The number of carbonyl (C=O) groups excluding carboxylic acids is 1. The molecule has 6 heteroatoms. The highest BCUT2D eigenvalue weighted by Crippen LogP contribution is 2.28. The van der Waals surface area contributed by atoms with Crippen LogP contribution < -0.4 is 5.01 Å². The molecule has 1 aromatic carbocycles. The van der Waals surface area contributed by atoms with Crippen molar-refractivity contribution in [3.8, 4) is 0 Å². The van der Waals surface area contributed by atoms with Gasteiger partial charge in [0.1, 0.15) is 5.71 Å². The van der Waals surface area contributed by atoms with Crippen LogP contribution in [-0.4, -0.2) is 35.4 Å². The van der Waals surface area contributed by atoms with Crippen molar-refractivity contribution in [3.63, 3.8) is 0 Å². The zero-order valence-corrected chi connectivity index (χ0v) is 12.1. The van der Waals surface area contributed by atoms with Gasteiger partial charge in [-0.05, 0) is 25.0 Å². The minimum atomic E-state index is -1.01. The fourth-order valence-electron chi connectivity index (χ4n) is 2.30. The summed E-state index contributed by atoms with van der Waals surface area (Å²) in [5.41, 5.74) is 1.85. The Hall–Kier alpha value is -2.37. The fraction of sp³-hybridized carbons (Fsp3) is 0.400. The Balaban J connectivity index is 2.37. The van der Waals surface area contributed by atoms with Crippen LogP contribution in [0, 0.1) is 0 Å². The van der Waals surface area contributed by atoms with Gasteiger partial charge >= 0.3 is 11.9 Å². The summed E-state index contributed by atoms with van der Waals surface area (Å²) < 4.78 is 4.91. The van der Waals surface area contributed by atoms with Gasteiger partial charge in [0.2, 0.25) is 0 Å². The van der Waals surface area contributed by atoms with Crippen molar-refractivity contribution in [1.29, 1.82) is 0 Å². The van der Waals surface area contributed by atoms with Crippen molar-refractivity contribution < 1.29 is 19.4 Å². The molecule has 0 radical (unpaired) electrons. The van der Waals surface area contributed by atoms with Gasteiger partial charge in [-0.1, -0.05) is 25.1 Å². The third-order valence-corrected chi connectivity index (χ3v) is 3.33. The zero-order chi connectivity index (χ0) is 15.4. The topological polar surface area (TPSA) is 79.2 Å². The van der Waals surface area contributed by atoms with Crippen molar-refractivity contribution in [3.05, 3.63) is 29.8 Å². The Labute approximate surface area is 123 Å². The molecule has 2 rings (SSSR count). The van der Waals surface area contributed by atoms with Crippen LogP contribution in [0.25, 0.3) is 0 Å². The standard InChI is InChI=1S/C15H18N2O4/c1-3-10-7-5-6-8-12(10)17-13(14(18)19)9-11(16-17)15(20)21-4-2/h5-8,13H,3-4,9H2,1-2H3,(H,18,19)/t13-/m1/s1. The number of ether oxygens (including phenoxy) is 1. The minimum Gasteiger partial charge on any atom is -0.480 e. The van der Waals surface area contributed by atoms with Crippen LogP contribution in [0.5, 0.6) is 0 Å². The normalized spacial score (nSPS) is 17.5. The zero-order valence-electron chi connectivity index (χ0n) is 12.1. The molecule has 1 aliphatic rings. The van der Waals surface area contributed by atoms with Crippen LogP contribution in [0.2, 0.25) is 0 Å². The quantitative estimate of drug-likeness (QED) is 0.837. The van der Waals surface area contributed by atoms with Crippen LogP contribution in [0.15, 0.2) is 29.4 Å². The lowest BCUT2D eigenvalue weighted by atomic mass is 10.1. The van der Waals surface area contributed by atoms with Gasteiger partial charge in [0.05, 0.1) is 12.3 Å². The van der Waals surface area contributed by atoms with Gasteiger partial charge in [-0.2, -0.15) is 5.10 Å². The molecule has 112 valence electrons. The predicted octanol–water partition coefficient (Wildman–Crippen LogP) is 1.83. The lowest BCUT2D eigenvalue weighted by Crippen LogP contribution is -2.35. The third-order valence-electron chi connectivity index (χ3n) is 3.33. The summed E-state index contributed by atoms with van der Waals surface area (Å²) in [6, 6.07) is 6.57. The molecule has 1 heterocycles. The maximum Gasteiger partial charge on any atom is 0.354 e. The molecule has 1 atom stereocenters. The molecule has 1 N–H and O–H groups in total. The number of carboxylic acid groups (broad SMARTS) is 1. The van der Waals surface area contributed by atoms with Gasteiger partial charge in [-0.15, -0.1) is 0 Å². The molecular formula is C15H18N2O4. The first-order valence-electron chi connectivity index (χ1n) is 6.93. The number of benzene rings is 1. The number of nitrogens with zero attached hydrogens (tertiary/aromatic N) is 2. The van der Waals surface area contributed by atoms with Crippen LogP contribution in [-0.2, 0) is 20.7 Å². The number of aliphatic carboxylic acids is 1. The Morgan fingerprint density at radius 3 is 2.71 bits per heavy atom. The van der Waals surface area contributed by atoms with Crippen molar-refractivity contribution >= 4 is 23.3 Å². The first-order chi connectivity index (χ1) is 10.1. The Morgan fingerprint density at radius 2 is 2.10 bits per heavy atom. The summed E-state index contributed by atoms with van der Waals surface area (Å²) in [6.45, 7) is 3.92. The Kier molecular flexibility index (Phi) is 4.57. The average molecular weight is 290 g/mol. The molecule has 21 heavy (non-hydrogen) atoms. The molecule has 0 aliphatic carbocycles. The molecule has 0 aromatic heterocycles. The number of esters is 1. The number of carbonyl (C=O) groups is 2. The van der Waals surface area contributed by atoms with E-state index in [4.69, 9.17) is 4.74 Å². The number of para-hydroxylation sites is 1. The van der Waals surface area contributed by atoms with Gasteiger partial charge in [0, 0.05) is 6.42 Å². The van der Waals surface area contributed by atoms with Crippen LogP contribution in [0.1, 0.15) is 25.8 Å². The molecule has 0 saturated carbocycles. The fourth-order valence-corrected chi connectivity index (χ4v) is 2.30. The van der Waals surface area contributed by atoms with E-state index in [0.717, 1.165) is 12.0 Å². The third kappa shape index (κ3) is 3.04. The van der Waals surface area contributed by atoms with Crippen molar-refractivity contribution in [2.24, 2.45) is 5.10 Å². The summed E-state index contributed by atoms with van der Waals surface area (Å²) in [6.07, 6.45) is 0.801. The maximum atomic E-state index is 11.8. The number of hydrogen-bond donors (Lipinski definition) is 1. The van der Waals surface area contributed by atoms with Crippen LogP contribution >= 0.6 is 0 Å². The van der Waals surface area contributed by atoms with Gasteiger partial charge in [-0.3, -0.25) is 5.01 Å². The lowest BCUT2D eigenvalue weighted by Gasteiger charge is -2.22. The van der Waals surface area contributed by atoms with Crippen LogP contribution in [0.4, 0.5) is 5.69 Å². The first-order valence-corrected chi connectivity index (χ1v) is 6.93. The number of anilines is 1. The molecule has 0 unspecified atom stereocenters. The van der Waals surface area contributed by atoms with Gasteiger partial charge in [0.15, 0.2) is 6.04 Å². The van der Waals surface area contributed by atoms with Gasteiger partial charge in [-0.25, -0.2) is 9.59 Å². The molecule has 0 bridgehead atoms. The minimum absolute atomic E-state index is 0.0478. The second-order valence-electron chi connectivity index (χ2n) is 4.65. The second kappa shape index (κ2) is 6.39. The Bertz CT molecular complexity index is 583. The molecule has 6 nitrogen and oxygen atoms in total. The maximum absolute atomic E-state index is 11.8. The van der Waals surface area contributed by atoms with E-state index in [1.165, 1.54) is 5.01 Å². The highest BCUT2D eigenvalue weighted by Gasteiger charge is 2.37. The highest BCUT2D eigenvalue weighted by atomic mass is 16.5. The molecule has 1 aliphatic heterocycles. The summed E-state index contributed by atoms with van der Waals surface area (Å²) in [5.74, 6) is -1.57. The van der Waals surface area contributed by atoms with Crippen LogP contribution in [0.3, 0.4) is 0 Å². The number of rotatable bonds is 5.